The quantitative estimate of drug-likeness (QED) is 0.0529. The number of aliphatic hydroxyl groups is 1. The van der Waals surface area contributed by atoms with Gasteiger partial charge < -0.3 is 36.5 Å². The number of hydrogen-bond donors (Lipinski definition) is 6. The molecule has 312 valence electrons. The van der Waals surface area contributed by atoms with Crippen LogP contribution < -0.4 is 21.7 Å². The van der Waals surface area contributed by atoms with Crippen molar-refractivity contribution in [1.82, 2.24) is 25.9 Å². The minimum atomic E-state index is -1.06. The number of carbonyl (C=O) groups excluding carboxylic acids is 4. The third kappa shape index (κ3) is 15.7. The van der Waals surface area contributed by atoms with Crippen LogP contribution in [0.25, 0.3) is 0 Å². The molecule has 2 aromatic carbocycles. The number of aliphatic hydroxyl groups excluding tert-OH is 1. The topological polar surface area (TPSA) is 189 Å². The summed E-state index contributed by atoms with van der Waals surface area (Å²) in [5.74, 6) is -2.17. The number of hydrogen-bond acceptors (Lipinski definition) is 8. The highest BCUT2D eigenvalue weighted by Crippen LogP contribution is 2.30. The Bertz CT molecular complexity index is 1570. The fourth-order valence-electron chi connectivity index (χ4n) is 8.05. The van der Waals surface area contributed by atoms with Gasteiger partial charge in [0.1, 0.15) is 12.1 Å². The lowest BCUT2D eigenvalue weighted by Gasteiger charge is -2.33. The number of esters is 1. The Morgan fingerprint density at radius 1 is 0.807 bits per heavy atom. The van der Waals surface area contributed by atoms with E-state index in [9.17, 15) is 24.3 Å². The maximum Gasteiger partial charge on any atom is 0.328 e. The lowest BCUT2D eigenvalue weighted by molar-refractivity contribution is -0.146. The summed E-state index contributed by atoms with van der Waals surface area (Å²) in [6, 6.07) is 17.2. The molecule has 1 aliphatic carbocycles. The lowest BCUT2D eigenvalue weighted by Crippen LogP contribution is -2.55. The van der Waals surface area contributed by atoms with Crippen molar-refractivity contribution in [2.75, 3.05) is 13.7 Å². The van der Waals surface area contributed by atoms with E-state index < -0.39 is 47.9 Å². The van der Waals surface area contributed by atoms with Crippen molar-refractivity contribution < 1.29 is 29.0 Å². The van der Waals surface area contributed by atoms with Crippen LogP contribution in [0.4, 0.5) is 0 Å². The monoisotopic (exact) mass is 787 g/mol. The molecule has 3 amide bonds. The van der Waals surface area contributed by atoms with Crippen LogP contribution in [-0.2, 0) is 43.2 Å². The second-order valence-corrected chi connectivity index (χ2v) is 16.3. The van der Waals surface area contributed by atoms with E-state index in [1.807, 2.05) is 74.5 Å². The number of nitrogens with two attached hydrogens (primary N) is 1. The van der Waals surface area contributed by atoms with E-state index in [0.29, 0.717) is 63.1 Å². The van der Waals surface area contributed by atoms with Crippen molar-refractivity contribution in [3.63, 3.8) is 0 Å². The summed E-state index contributed by atoms with van der Waals surface area (Å²) in [6.07, 6.45) is 11.5. The molecule has 7 N–H and O–H groups in total. The average Bonchev–Trinajstić information content (AvgIpc) is 3.73. The highest BCUT2D eigenvalue weighted by atomic mass is 16.5. The van der Waals surface area contributed by atoms with Gasteiger partial charge in [0.05, 0.1) is 31.3 Å². The van der Waals surface area contributed by atoms with Gasteiger partial charge in [-0.2, -0.15) is 0 Å². The van der Waals surface area contributed by atoms with Gasteiger partial charge in [-0.15, -0.1) is 0 Å². The minimum absolute atomic E-state index is 0.0883. The maximum atomic E-state index is 14.5. The lowest BCUT2D eigenvalue weighted by atomic mass is 9.81. The highest BCUT2D eigenvalue weighted by Gasteiger charge is 2.35. The van der Waals surface area contributed by atoms with Crippen LogP contribution in [0.15, 0.2) is 73.2 Å². The number of benzene rings is 2. The Kier molecular flexibility index (Phi) is 19.2. The zero-order chi connectivity index (χ0) is 41.0. The number of carbonyl (C=O) groups is 4. The molecule has 1 heterocycles. The summed E-state index contributed by atoms with van der Waals surface area (Å²) >= 11 is 0. The van der Waals surface area contributed by atoms with Gasteiger partial charge in [-0.25, -0.2) is 9.78 Å². The number of nitrogens with zero attached hydrogens (tertiary/aromatic N) is 1. The summed E-state index contributed by atoms with van der Waals surface area (Å²) in [6.45, 7) is 4.50. The SMILES string of the molecule is COC(=O)[C@H](CCCCN)NC(=O)[C@H](CC(C)C)C[C@H](O)[C@H](CC1CCCCC1)NC(=O)[C@H](Cc1c[nH]cn1)NC(=O)C(Cc1ccccc1)Cc1ccccc1. The van der Waals surface area contributed by atoms with Gasteiger partial charge in [-0.1, -0.05) is 107 Å². The number of aromatic amines is 1. The molecule has 0 aliphatic heterocycles. The molecule has 4 rings (SSSR count). The number of amides is 3. The third-order valence-electron chi connectivity index (χ3n) is 11.1. The van der Waals surface area contributed by atoms with Gasteiger partial charge >= 0.3 is 5.97 Å². The Morgan fingerprint density at radius 3 is 1.98 bits per heavy atom. The molecule has 1 aromatic heterocycles. The summed E-state index contributed by atoms with van der Waals surface area (Å²) in [7, 11) is 1.30. The summed E-state index contributed by atoms with van der Waals surface area (Å²) in [5.41, 5.74) is 8.32. The molecule has 12 nitrogen and oxygen atoms in total. The number of ether oxygens (including phenoxy) is 1. The summed E-state index contributed by atoms with van der Waals surface area (Å²) in [4.78, 5) is 62.5. The molecule has 5 atom stereocenters. The van der Waals surface area contributed by atoms with Crippen LogP contribution in [0.1, 0.15) is 101 Å². The second-order valence-electron chi connectivity index (χ2n) is 16.3. The van der Waals surface area contributed by atoms with Gasteiger partial charge in [0, 0.05) is 24.5 Å². The molecule has 3 aromatic rings. The predicted molar refractivity (Wildman–Crippen MR) is 222 cm³/mol. The van der Waals surface area contributed by atoms with Crippen LogP contribution in [0.2, 0.25) is 0 Å². The zero-order valence-corrected chi connectivity index (χ0v) is 34.2. The van der Waals surface area contributed by atoms with Gasteiger partial charge in [0.2, 0.25) is 17.7 Å². The Morgan fingerprint density at radius 2 is 1.42 bits per heavy atom. The van der Waals surface area contributed by atoms with Crippen LogP contribution in [0.5, 0.6) is 0 Å². The van der Waals surface area contributed by atoms with E-state index in [1.165, 1.54) is 13.4 Å². The van der Waals surface area contributed by atoms with Crippen molar-refractivity contribution in [3.8, 4) is 0 Å². The maximum absolute atomic E-state index is 14.5. The van der Waals surface area contributed by atoms with E-state index in [-0.39, 0.29) is 30.6 Å². The van der Waals surface area contributed by atoms with Crippen molar-refractivity contribution >= 4 is 23.7 Å². The number of H-pyrrole nitrogens is 1. The average molecular weight is 787 g/mol. The van der Waals surface area contributed by atoms with E-state index in [4.69, 9.17) is 10.5 Å². The number of nitrogens with one attached hydrogen (secondary N) is 4. The molecule has 0 spiro atoms. The van der Waals surface area contributed by atoms with Crippen LogP contribution in [0.3, 0.4) is 0 Å². The first kappa shape index (κ1) is 45.2. The van der Waals surface area contributed by atoms with Crippen LogP contribution >= 0.6 is 0 Å². The second kappa shape index (κ2) is 24.3. The number of imidazole rings is 1. The summed E-state index contributed by atoms with van der Waals surface area (Å²) in [5, 5.41) is 21.2. The standard InChI is InChI=1S/C45H66N6O6/c1-31(2)23-35(42(53)49-38(45(56)57-3)21-13-14-22-46)27-41(52)39(26-34-19-11-6-12-20-34)50-44(55)40(28-37-29-47-30-48-37)51-43(54)36(24-32-15-7-4-8-16-32)25-33-17-9-5-10-18-33/h4-5,7-10,15-18,29-31,34-36,38-41,52H,6,11-14,19-28,46H2,1-3H3,(H,47,48)(H,49,53)(H,50,55)(H,51,54)/t35-,38+,39+,40+,41+/m1/s1. The third-order valence-corrected chi connectivity index (χ3v) is 11.1. The first-order valence-corrected chi connectivity index (χ1v) is 21.0. The molecule has 0 bridgehead atoms. The number of unbranched alkanes of at least 4 members (excludes halogenated alkanes) is 1. The molecular weight excluding hydrogens is 721 g/mol. The van der Waals surface area contributed by atoms with Gasteiger partial charge in [-0.3, -0.25) is 14.4 Å². The summed E-state index contributed by atoms with van der Waals surface area (Å²) < 4.78 is 5.00. The molecular formula is C45H66N6O6. The van der Waals surface area contributed by atoms with Crippen molar-refractivity contribution in [3.05, 3.63) is 90.0 Å². The first-order valence-electron chi connectivity index (χ1n) is 21.0. The Hall–Kier alpha value is -4.55. The first-order chi connectivity index (χ1) is 27.6. The fraction of sp³-hybridized carbons (Fsp3) is 0.578. The molecule has 12 heteroatoms. The predicted octanol–water partition coefficient (Wildman–Crippen LogP) is 5.19. The van der Waals surface area contributed by atoms with E-state index in [0.717, 1.165) is 43.2 Å². The minimum Gasteiger partial charge on any atom is -0.467 e. The normalized spacial score (nSPS) is 16.0. The molecule has 0 saturated heterocycles. The smallest absolute Gasteiger partial charge is 0.328 e. The van der Waals surface area contributed by atoms with Gasteiger partial charge in [0.15, 0.2) is 0 Å². The van der Waals surface area contributed by atoms with Crippen molar-refractivity contribution in [2.24, 2.45) is 29.4 Å². The Labute approximate surface area is 338 Å². The molecule has 57 heavy (non-hydrogen) atoms. The number of methoxy groups -OCH3 is 1. The van der Waals surface area contributed by atoms with E-state index >= 15 is 0 Å². The molecule has 1 aliphatic rings. The van der Waals surface area contributed by atoms with Gasteiger partial charge in [-0.05, 0) is 80.9 Å². The van der Waals surface area contributed by atoms with Crippen LogP contribution in [-0.4, -0.2) is 76.6 Å². The molecule has 1 fully saturated rings. The highest BCUT2D eigenvalue weighted by molar-refractivity contribution is 5.89. The van der Waals surface area contributed by atoms with E-state index in [1.54, 1.807) is 6.20 Å². The Balaban J connectivity index is 1.57. The fourth-order valence-corrected chi connectivity index (χ4v) is 8.05. The van der Waals surface area contributed by atoms with Crippen molar-refractivity contribution in [1.29, 1.82) is 0 Å². The molecule has 0 radical (unpaired) electrons. The number of aromatic nitrogens is 2. The van der Waals surface area contributed by atoms with Gasteiger partial charge in [0.25, 0.3) is 0 Å². The zero-order valence-electron chi connectivity index (χ0n) is 34.2. The van der Waals surface area contributed by atoms with E-state index in [2.05, 4.69) is 25.9 Å². The molecule has 0 unspecified atom stereocenters. The van der Waals surface area contributed by atoms with Crippen LogP contribution in [0, 0.1) is 23.7 Å². The molecule has 1 saturated carbocycles. The number of rotatable bonds is 24. The largest absolute Gasteiger partial charge is 0.467 e. The van der Waals surface area contributed by atoms with Crippen molar-refractivity contribution in [2.45, 2.75) is 128 Å².